The van der Waals surface area contributed by atoms with Crippen LogP contribution in [0.4, 0.5) is 0 Å². The molecular formula is C15H11ClN6S. The third-order valence-electron chi connectivity index (χ3n) is 3.30. The van der Waals surface area contributed by atoms with Crippen LogP contribution in [0.1, 0.15) is 5.82 Å². The van der Waals surface area contributed by atoms with Crippen LogP contribution < -0.4 is 0 Å². The van der Waals surface area contributed by atoms with Gasteiger partial charge in [-0.05, 0) is 40.8 Å². The third-order valence-corrected chi connectivity index (χ3v) is 4.40. The van der Waals surface area contributed by atoms with Gasteiger partial charge in [-0.2, -0.15) is 4.68 Å². The van der Waals surface area contributed by atoms with Crippen molar-refractivity contribution in [3.63, 3.8) is 0 Å². The maximum atomic E-state index is 5.99. The van der Waals surface area contributed by atoms with Crippen molar-refractivity contribution >= 4 is 34.4 Å². The largest absolute Gasteiger partial charge is 0.333 e. The van der Waals surface area contributed by atoms with Gasteiger partial charge in [-0.3, -0.25) is 0 Å². The molecule has 0 unspecified atom stereocenters. The Morgan fingerprint density at radius 2 is 2.00 bits per heavy atom. The zero-order valence-corrected chi connectivity index (χ0v) is 13.4. The Balaban J connectivity index is 1.56. The number of H-pyrrole nitrogens is 1. The van der Waals surface area contributed by atoms with E-state index in [0.29, 0.717) is 10.8 Å². The molecule has 0 aliphatic heterocycles. The van der Waals surface area contributed by atoms with Crippen LogP contribution in [-0.4, -0.2) is 30.2 Å². The summed E-state index contributed by atoms with van der Waals surface area (Å²) in [6, 6.07) is 15.4. The molecule has 114 valence electrons. The summed E-state index contributed by atoms with van der Waals surface area (Å²) < 4.78 is 1.73. The first-order chi connectivity index (χ1) is 11.3. The summed E-state index contributed by atoms with van der Waals surface area (Å²) >= 11 is 7.54. The monoisotopic (exact) mass is 342 g/mol. The predicted molar refractivity (Wildman–Crippen MR) is 89.8 cm³/mol. The van der Waals surface area contributed by atoms with E-state index in [1.807, 2.05) is 48.5 Å². The number of thioether (sulfide) groups is 1. The summed E-state index contributed by atoms with van der Waals surface area (Å²) in [5, 5.41) is 13.4. The van der Waals surface area contributed by atoms with Gasteiger partial charge in [0.15, 0.2) is 11.0 Å². The Hall–Kier alpha value is -2.38. The molecule has 6 nitrogen and oxygen atoms in total. The molecule has 2 aromatic carbocycles. The van der Waals surface area contributed by atoms with Crippen molar-refractivity contribution in [3.8, 4) is 5.69 Å². The molecule has 0 aliphatic carbocycles. The number of hydrogen-bond acceptors (Lipinski definition) is 5. The maximum Gasteiger partial charge on any atom is 0.167 e. The van der Waals surface area contributed by atoms with E-state index in [1.54, 1.807) is 16.4 Å². The van der Waals surface area contributed by atoms with E-state index in [0.717, 1.165) is 27.7 Å². The van der Waals surface area contributed by atoms with Gasteiger partial charge in [0, 0.05) is 5.02 Å². The number of para-hydroxylation sites is 1. The van der Waals surface area contributed by atoms with Crippen molar-refractivity contribution in [1.82, 2.24) is 30.2 Å². The Morgan fingerprint density at radius 3 is 2.87 bits per heavy atom. The number of nitrogens with one attached hydrogen (secondary N) is 1. The highest BCUT2D eigenvalue weighted by Gasteiger charge is 2.10. The zero-order valence-electron chi connectivity index (χ0n) is 11.8. The highest BCUT2D eigenvalue weighted by Crippen LogP contribution is 2.24. The Kier molecular flexibility index (Phi) is 3.72. The van der Waals surface area contributed by atoms with E-state index < -0.39 is 0 Å². The molecule has 4 aromatic rings. The number of nitrogens with zero attached hydrogens (tertiary/aromatic N) is 5. The van der Waals surface area contributed by atoms with Gasteiger partial charge in [0.1, 0.15) is 0 Å². The summed E-state index contributed by atoms with van der Waals surface area (Å²) in [7, 11) is 0. The lowest BCUT2D eigenvalue weighted by atomic mass is 10.3. The van der Waals surface area contributed by atoms with Crippen LogP contribution in [0.3, 0.4) is 0 Å². The van der Waals surface area contributed by atoms with Gasteiger partial charge in [-0.1, -0.05) is 41.6 Å². The number of halogens is 1. The molecule has 0 radical (unpaired) electrons. The molecule has 2 aromatic heterocycles. The highest BCUT2D eigenvalue weighted by atomic mass is 35.5. The molecule has 1 N–H and O–H groups in total. The molecule has 0 saturated carbocycles. The van der Waals surface area contributed by atoms with Gasteiger partial charge < -0.3 is 4.98 Å². The first kappa shape index (κ1) is 14.2. The van der Waals surface area contributed by atoms with E-state index in [4.69, 9.17) is 11.6 Å². The SMILES string of the molecule is Clc1ccc2nc(SCc3nnnn3-c3ccccc3)[nH]c2c1. The van der Waals surface area contributed by atoms with Gasteiger partial charge in [0.25, 0.3) is 0 Å². The Morgan fingerprint density at radius 1 is 1.13 bits per heavy atom. The second-order valence-corrected chi connectivity index (χ2v) is 6.24. The van der Waals surface area contributed by atoms with Crippen molar-refractivity contribution in [1.29, 1.82) is 0 Å². The van der Waals surface area contributed by atoms with Crippen LogP contribution in [-0.2, 0) is 5.75 Å². The highest BCUT2D eigenvalue weighted by molar-refractivity contribution is 7.98. The minimum absolute atomic E-state index is 0.607. The topological polar surface area (TPSA) is 72.3 Å². The molecule has 0 amide bonds. The standard InChI is InChI=1S/C15H11ClN6S/c16-10-6-7-12-13(8-10)18-15(17-12)23-9-14-19-20-21-22(14)11-4-2-1-3-5-11/h1-8H,9H2,(H,17,18). The molecule has 0 spiro atoms. The van der Waals surface area contributed by atoms with E-state index in [-0.39, 0.29) is 0 Å². The number of aromatic nitrogens is 6. The Labute approximate surface area is 140 Å². The maximum absolute atomic E-state index is 5.99. The number of hydrogen-bond donors (Lipinski definition) is 1. The average Bonchev–Trinajstić information content (AvgIpc) is 3.19. The van der Waals surface area contributed by atoms with Crippen LogP contribution >= 0.6 is 23.4 Å². The van der Waals surface area contributed by atoms with Crippen LogP contribution in [0, 0.1) is 0 Å². The number of aromatic amines is 1. The first-order valence-corrected chi connectivity index (χ1v) is 8.27. The van der Waals surface area contributed by atoms with E-state index in [1.165, 1.54) is 0 Å². The summed E-state index contributed by atoms with van der Waals surface area (Å²) in [5.41, 5.74) is 2.74. The summed E-state index contributed by atoms with van der Waals surface area (Å²) in [6.45, 7) is 0. The quantitative estimate of drug-likeness (QED) is 0.575. The molecule has 23 heavy (non-hydrogen) atoms. The molecule has 0 aliphatic rings. The van der Waals surface area contributed by atoms with Crippen molar-refractivity contribution in [3.05, 3.63) is 59.4 Å². The number of benzene rings is 2. The molecule has 0 fully saturated rings. The van der Waals surface area contributed by atoms with E-state index in [9.17, 15) is 0 Å². The number of rotatable bonds is 4. The number of fused-ring (bicyclic) bond motifs is 1. The molecule has 0 atom stereocenters. The van der Waals surface area contributed by atoms with E-state index in [2.05, 4.69) is 25.5 Å². The summed E-state index contributed by atoms with van der Waals surface area (Å²) in [4.78, 5) is 7.77. The molecule has 8 heteroatoms. The van der Waals surface area contributed by atoms with Crippen LogP contribution in [0.15, 0.2) is 53.7 Å². The van der Waals surface area contributed by atoms with Gasteiger partial charge in [-0.25, -0.2) is 4.98 Å². The number of tetrazole rings is 1. The smallest absolute Gasteiger partial charge is 0.167 e. The number of imidazole rings is 1. The van der Waals surface area contributed by atoms with E-state index >= 15 is 0 Å². The summed E-state index contributed by atoms with van der Waals surface area (Å²) in [5.74, 6) is 1.37. The lowest BCUT2D eigenvalue weighted by Gasteiger charge is -2.02. The fraction of sp³-hybridized carbons (Fsp3) is 0.0667. The Bertz CT molecular complexity index is 949. The van der Waals surface area contributed by atoms with Crippen LogP contribution in [0.25, 0.3) is 16.7 Å². The minimum atomic E-state index is 0.607. The zero-order chi connectivity index (χ0) is 15.6. The molecular weight excluding hydrogens is 332 g/mol. The average molecular weight is 343 g/mol. The van der Waals surface area contributed by atoms with Crippen LogP contribution in [0.2, 0.25) is 5.02 Å². The van der Waals surface area contributed by atoms with Gasteiger partial charge in [0.05, 0.1) is 22.5 Å². The lowest BCUT2D eigenvalue weighted by Crippen LogP contribution is -2.01. The fourth-order valence-electron chi connectivity index (χ4n) is 2.23. The van der Waals surface area contributed by atoms with Crippen LogP contribution in [0.5, 0.6) is 0 Å². The third kappa shape index (κ3) is 2.93. The first-order valence-electron chi connectivity index (χ1n) is 6.90. The predicted octanol–water partition coefficient (Wildman–Crippen LogP) is 3.48. The minimum Gasteiger partial charge on any atom is -0.333 e. The second kappa shape index (κ2) is 6.02. The van der Waals surface area contributed by atoms with Gasteiger partial charge >= 0.3 is 0 Å². The molecule has 2 heterocycles. The second-order valence-electron chi connectivity index (χ2n) is 4.83. The molecule has 4 rings (SSSR count). The van der Waals surface area contributed by atoms with Gasteiger partial charge in [-0.15, -0.1) is 5.10 Å². The molecule has 0 saturated heterocycles. The van der Waals surface area contributed by atoms with Crippen molar-refractivity contribution in [2.24, 2.45) is 0 Å². The molecule has 0 bridgehead atoms. The normalized spacial score (nSPS) is 11.2. The lowest BCUT2D eigenvalue weighted by molar-refractivity contribution is 0.777. The van der Waals surface area contributed by atoms with Gasteiger partial charge in [0.2, 0.25) is 0 Å². The van der Waals surface area contributed by atoms with Crippen molar-refractivity contribution in [2.75, 3.05) is 0 Å². The van der Waals surface area contributed by atoms with Crippen molar-refractivity contribution < 1.29 is 0 Å². The van der Waals surface area contributed by atoms with Crippen molar-refractivity contribution in [2.45, 2.75) is 10.9 Å². The summed E-state index contributed by atoms with van der Waals surface area (Å²) in [6.07, 6.45) is 0. The fourth-order valence-corrected chi connectivity index (χ4v) is 3.19.